The van der Waals surface area contributed by atoms with Gasteiger partial charge in [0.15, 0.2) is 0 Å². The van der Waals surface area contributed by atoms with Gasteiger partial charge in [0.2, 0.25) is 5.91 Å². The van der Waals surface area contributed by atoms with Crippen LogP contribution < -0.4 is 4.90 Å². The first-order valence-corrected chi connectivity index (χ1v) is 8.50. The third-order valence-electron chi connectivity index (χ3n) is 4.21. The number of hydrogen-bond donors (Lipinski definition) is 0. The van der Waals surface area contributed by atoms with E-state index in [4.69, 9.17) is 11.6 Å². The first kappa shape index (κ1) is 17.2. The number of amides is 1. The van der Waals surface area contributed by atoms with Crippen molar-refractivity contribution < 1.29 is 9.59 Å². The van der Waals surface area contributed by atoms with Gasteiger partial charge in [-0.2, -0.15) is 0 Å². The summed E-state index contributed by atoms with van der Waals surface area (Å²) in [6, 6.07) is 13.0. The number of fused-ring (bicyclic) bond motifs is 1. The zero-order chi connectivity index (χ0) is 18.1. The number of rotatable bonds is 3. The van der Waals surface area contributed by atoms with Gasteiger partial charge in [0.05, 0.1) is 11.1 Å². The van der Waals surface area contributed by atoms with Crippen LogP contribution in [0.3, 0.4) is 0 Å². The van der Waals surface area contributed by atoms with Crippen LogP contribution in [-0.4, -0.2) is 22.9 Å². The first-order chi connectivity index (χ1) is 11.9. The van der Waals surface area contributed by atoms with Gasteiger partial charge in [-0.1, -0.05) is 29.8 Å². The Balaban J connectivity index is 2.14. The largest absolute Gasteiger partial charge is 0.309 e. The minimum absolute atomic E-state index is 0.138. The van der Waals surface area contributed by atoms with Crippen molar-refractivity contribution in [3.05, 3.63) is 64.8 Å². The van der Waals surface area contributed by atoms with Gasteiger partial charge in [0, 0.05) is 35.8 Å². The molecule has 4 nitrogen and oxygen atoms in total. The van der Waals surface area contributed by atoms with E-state index in [1.807, 2.05) is 38.1 Å². The molecule has 0 aliphatic carbocycles. The number of halogens is 1. The summed E-state index contributed by atoms with van der Waals surface area (Å²) in [5.41, 5.74) is 3.06. The second kappa shape index (κ2) is 6.73. The Bertz CT molecular complexity index is 975. The first-order valence-electron chi connectivity index (χ1n) is 8.12. The van der Waals surface area contributed by atoms with Crippen LogP contribution in [0.25, 0.3) is 10.9 Å². The monoisotopic (exact) mass is 354 g/mol. The zero-order valence-electron chi connectivity index (χ0n) is 14.4. The van der Waals surface area contributed by atoms with Gasteiger partial charge in [0.1, 0.15) is 0 Å². The fourth-order valence-corrected chi connectivity index (χ4v) is 3.18. The van der Waals surface area contributed by atoms with Gasteiger partial charge in [-0.3, -0.25) is 14.2 Å². The van der Waals surface area contributed by atoms with E-state index in [0.717, 1.165) is 16.6 Å². The van der Waals surface area contributed by atoms with Gasteiger partial charge in [-0.15, -0.1) is 0 Å². The maximum Gasteiger partial charge on any atom is 0.260 e. The van der Waals surface area contributed by atoms with Crippen molar-refractivity contribution in [3.63, 3.8) is 0 Å². The molecule has 2 aromatic carbocycles. The summed E-state index contributed by atoms with van der Waals surface area (Å²) in [6.45, 7) is 5.92. The zero-order valence-corrected chi connectivity index (χ0v) is 15.2. The van der Waals surface area contributed by atoms with Crippen molar-refractivity contribution in [2.45, 2.75) is 20.8 Å². The molecule has 0 atom stereocenters. The highest BCUT2D eigenvalue weighted by Crippen LogP contribution is 2.27. The lowest BCUT2D eigenvalue weighted by atomic mass is 10.1. The number of carbonyl (C=O) groups excluding carboxylic acids is 2. The quantitative estimate of drug-likeness (QED) is 0.669. The lowest BCUT2D eigenvalue weighted by Crippen LogP contribution is -2.30. The summed E-state index contributed by atoms with van der Waals surface area (Å²) in [7, 11) is 0. The lowest BCUT2D eigenvalue weighted by molar-refractivity contribution is 0.0941. The van der Waals surface area contributed by atoms with Crippen LogP contribution in [0, 0.1) is 6.92 Å². The number of nitrogens with zero attached hydrogens (tertiary/aromatic N) is 2. The highest BCUT2D eigenvalue weighted by Gasteiger charge is 2.22. The topological polar surface area (TPSA) is 42.3 Å². The Morgan fingerprint density at radius 3 is 2.56 bits per heavy atom. The summed E-state index contributed by atoms with van der Waals surface area (Å²) in [5, 5.41) is 1.24. The number of carbonyl (C=O) groups is 2. The molecule has 25 heavy (non-hydrogen) atoms. The molecule has 0 fully saturated rings. The Hall–Kier alpha value is -2.59. The van der Waals surface area contributed by atoms with Crippen molar-refractivity contribution in [2.24, 2.45) is 0 Å². The predicted molar refractivity (Wildman–Crippen MR) is 102 cm³/mol. The molecule has 0 unspecified atom stereocenters. The van der Waals surface area contributed by atoms with Crippen LogP contribution >= 0.6 is 11.6 Å². The van der Waals surface area contributed by atoms with E-state index in [1.54, 1.807) is 29.3 Å². The molecule has 3 aromatic rings. The van der Waals surface area contributed by atoms with E-state index in [0.29, 0.717) is 22.6 Å². The van der Waals surface area contributed by atoms with Crippen molar-refractivity contribution in [1.29, 1.82) is 0 Å². The fraction of sp³-hybridized carbons (Fsp3) is 0.200. The molecule has 5 heteroatoms. The molecule has 1 amide bonds. The SMILES string of the molecule is CCN(C(=O)c1cn(C(C)=O)c2cc(Cl)ccc12)c1cccc(C)c1. The number of hydrogen-bond acceptors (Lipinski definition) is 2. The molecular weight excluding hydrogens is 336 g/mol. The number of anilines is 1. The standard InChI is InChI=1S/C20H19ClN2O2/c1-4-22(16-7-5-6-13(2)10-16)20(25)18-12-23(14(3)24)19-11-15(21)8-9-17(18)19/h5-12H,4H2,1-3H3. The van der Waals surface area contributed by atoms with E-state index < -0.39 is 0 Å². The minimum atomic E-state index is -0.162. The Morgan fingerprint density at radius 2 is 1.92 bits per heavy atom. The molecule has 1 heterocycles. The number of aryl methyl sites for hydroxylation is 1. The van der Waals surface area contributed by atoms with Crippen molar-refractivity contribution >= 4 is 40.0 Å². The molecule has 0 saturated heterocycles. The smallest absolute Gasteiger partial charge is 0.260 e. The van der Waals surface area contributed by atoms with E-state index in [9.17, 15) is 9.59 Å². The molecule has 0 spiro atoms. The van der Waals surface area contributed by atoms with Gasteiger partial charge >= 0.3 is 0 Å². The second-order valence-electron chi connectivity index (χ2n) is 5.98. The molecular formula is C20H19ClN2O2. The summed E-state index contributed by atoms with van der Waals surface area (Å²) in [4.78, 5) is 26.9. The molecule has 3 rings (SSSR count). The molecule has 0 aliphatic rings. The predicted octanol–water partition coefficient (Wildman–Crippen LogP) is 4.93. The maximum absolute atomic E-state index is 13.2. The van der Waals surface area contributed by atoms with Crippen LogP contribution in [0.4, 0.5) is 5.69 Å². The molecule has 0 bridgehead atoms. The van der Waals surface area contributed by atoms with Crippen LogP contribution in [0.2, 0.25) is 5.02 Å². The van der Waals surface area contributed by atoms with Crippen LogP contribution in [0.5, 0.6) is 0 Å². The van der Waals surface area contributed by atoms with E-state index in [2.05, 4.69) is 0 Å². The minimum Gasteiger partial charge on any atom is -0.309 e. The Labute approximate surface area is 151 Å². The van der Waals surface area contributed by atoms with E-state index in [1.165, 1.54) is 11.5 Å². The van der Waals surface area contributed by atoms with Crippen LogP contribution in [0.15, 0.2) is 48.7 Å². The average Bonchev–Trinajstić information content (AvgIpc) is 2.94. The van der Waals surface area contributed by atoms with Gasteiger partial charge in [-0.05, 0) is 43.7 Å². The van der Waals surface area contributed by atoms with E-state index in [-0.39, 0.29) is 11.8 Å². The summed E-state index contributed by atoms with van der Waals surface area (Å²) in [6.07, 6.45) is 1.60. The Kier molecular flexibility index (Phi) is 4.64. The van der Waals surface area contributed by atoms with Gasteiger partial charge in [-0.25, -0.2) is 0 Å². The fourth-order valence-electron chi connectivity index (χ4n) is 3.02. The lowest BCUT2D eigenvalue weighted by Gasteiger charge is -2.21. The summed E-state index contributed by atoms with van der Waals surface area (Å²) in [5.74, 6) is -0.301. The molecule has 128 valence electrons. The summed E-state index contributed by atoms with van der Waals surface area (Å²) < 4.78 is 1.47. The number of aromatic nitrogens is 1. The third-order valence-corrected chi connectivity index (χ3v) is 4.45. The van der Waals surface area contributed by atoms with Crippen molar-refractivity contribution in [3.8, 4) is 0 Å². The molecule has 0 N–H and O–H groups in total. The van der Waals surface area contributed by atoms with Crippen molar-refractivity contribution in [1.82, 2.24) is 4.57 Å². The molecule has 0 radical (unpaired) electrons. The molecule has 0 aliphatic heterocycles. The van der Waals surface area contributed by atoms with Crippen molar-refractivity contribution in [2.75, 3.05) is 11.4 Å². The Morgan fingerprint density at radius 1 is 1.16 bits per heavy atom. The number of benzene rings is 2. The average molecular weight is 355 g/mol. The third kappa shape index (κ3) is 3.17. The molecule has 1 aromatic heterocycles. The highest BCUT2D eigenvalue weighted by molar-refractivity contribution is 6.31. The van der Waals surface area contributed by atoms with Crippen LogP contribution in [-0.2, 0) is 0 Å². The highest BCUT2D eigenvalue weighted by atomic mass is 35.5. The van der Waals surface area contributed by atoms with Crippen LogP contribution in [0.1, 0.15) is 34.6 Å². The molecule has 0 saturated carbocycles. The van der Waals surface area contributed by atoms with Gasteiger partial charge in [0.25, 0.3) is 5.91 Å². The summed E-state index contributed by atoms with van der Waals surface area (Å²) >= 11 is 6.07. The van der Waals surface area contributed by atoms with E-state index >= 15 is 0 Å². The van der Waals surface area contributed by atoms with Gasteiger partial charge < -0.3 is 4.90 Å². The maximum atomic E-state index is 13.2. The second-order valence-corrected chi connectivity index (χ2v) is 6.42. The normalized spacial score (nSPS) is 10.9.